The van der Waals surface area contributed by atoms with Crippen molar-refractivity contribution in [3.05, 3.63) is 12.2 Å². The minimum atomic E-state index is -1.97. The Hall–Kier alpha value is -1.47. The number of carbonyl (C=O) groups is 1. The molecule has 12 N–H and O–H groups in total. The van der Waals surface area contributed by atoms with Gasteiger partial charge in [-0.05, 0) is 19.3 Å². The van der Waals surface area contributed by atoms with E-state index in [1.165, 1.54) is 180 Å². The summed E-state index contributed by atoms with van der Waals surface area (Å²) < 4.78 is 34.2. The van der Waals surface area contributed by atoms with E-state index in [9.17, 15) is 61.0 Å². The van der Waals surface area contributed by atoms with Crippen molar-refractivity contribution in [2.24, 2.45) is 0 Å². The zero-order valence-electron chi connectivity index (χ0n) is 50.7. The zero-order valence-corrected chi connectivity index (χ0v) is 50.7. The fraction of sp³-hybridized carbons (Fsp3) is 0.952. The lowest BCUT2D eigenvalue weighted by atomic mass is 9.96. The molecule has 3 saturated heterocycles. The smallest absolute Gasteiger partial charge is 0.220 e. The van der Waals surface area contributed by atoms with Crippen molar-refractivity contribution in [2.75, 3.05) is 26.4 Å². The zero-order chi connectivity index (χ0) is 59.7. The van der Waals surface area contributed by atoms with Crippen LogP contribution in [0.5, 0.6) is 0 Å². The average Bonchev–Trinajstić information content (AvgIpc) is 3.65. The summed E-state index contributed by atoms with van der Waals surface area (Å²) in [6, 6.07) is -0.966. The molecule has 0 bridgehead atoms. The lowest BCUT2D eigenvalue weighted by Gasteiger charge is -2.48. The molecule has 0 radical (unpaired) electrons. The van der Waals surface area contributed by atoms with Crippen LogP contribution in [0.4, 0.5) is 0 Å². The number of aliphatic hydroxyl groups is 11. The summed E-state index contributed by atoms with van der Waals surface area (Å²) in [5.74, 6) is -0.278. The van der Waals surface area contributed by atoms with Crippen LogP contribution in [-0.4, -0.2) is 193 Å². The van der Waals surface area contributed by atoms with Crippen LogP contribution in [0.25, 0.3) is 0 Å². The molecule has 17 atom stereocenters. The predicted octanol–water partition coefficient (Wildman–Crippen LogP) is 7.33. The molecule has 0 aromatic carbocycles. The number of nitrogens with one attached hydrogen (secondary N) is 1. The molecule has 3 heterocycles. The van der Waals surface area contributed by atoms with E-state index in [1.54, 1.807) is 6.08 Å². The monoisotopic (exact) mass is 1180 g/mol. The number of aliphatic hydroxyl groups excluding tert-OH is 11. The van der Waals surface area contributed by atoms with Gasteiger partial charge >= 0.3 is 0 Å². The molecule has 1 amide bonds. The molecule has 0 saturated carbocycles. The third-order valence-corrected chi connectivity index (χ3v) is 16.8. The van der Waals surface area contributed by atoms with E-state index in [2.05, 4.69) is 19.2 Å². The molecule has 0 aromatic rings. The number of hydrogen-bond donors (Lipinski definition) is 12. The second-order valence-electron chi connectivity index (χ2n) is 23.9. The first-order chi connectivity index (χ1) is 39.8. The molecule has 0 aromatic heterocycles. The van der Waals surface area contributed by atoms with Crippen molar-refractivity contribution in [2.45, 2.75) is 356 Å². The van der Waals surface area contributed by atoms with Gasteiger partial charge in [-0.15, -0.1) is 0 Å². The highest BCUT2D eigenvalue weighted by molar-refractivity contribution is 5.76. The van der Waals surface area contributed by atoms with Crippen LogP contribution in [0.3, 0.4) is 0 Å². The third kappa shape index (κ3) is 29.5. The van der Waals surface area contributed by atoms with Gasteiger partial charge in [0.25, 0.3) is 0 Å². The number of allylic oxidation sites excluding steroid dienone is 1. The van der Waals surface area contributed by atoms with E-state index in [0.717, 1.165) is 44.9 Å². The van der Waals surface area contributed by atoms with Gasteiger partial charge < -0.3 is 89.9 Å². The van der Waals surface area contributed by atoms with Crippen molar-refractivity contribution < 1.29 is 89.4 Å². The summed E-state index contributed by atoms with van der Waals surface area (Å²) in [6.45, 7) is 1.70. The Morgan fingerprint density at radius 2 is 0.756 bits per heavy atom. The van der Waals surface area contributed by atoms with E-state index in [1.807, 2.05) is 6.08 Å². The van der Waals surface area contributed by atoms with E-state index in [-0.39, 0.29) is 18.9 Å². The van der Waals surface area contributed by atoms with E-state index in [0.29, 0.717) is 6.42 Å². The Morgan fingerprint density at radius 3 is 1.15 bits per heavy atom. The Morgan fingerprint density at radius 1 is 0.427 bits per heavy atom. The molecule has 3 fully saturated rings. The number of ether oxygens (including phenoxy) is 6. The third-order valence-electron chi connectivity index (χ3n) is 16.8. The molecule has 19 nitrogen and oxygen atoms in total. The summed E-state index contributed by atoms with van der Waals surface area (Å²) in [7, 11) is 0. The first-order valence-electron chi connectivity index (χ1n) is 32.9. The summed E-state index contributed by atoms with van der Waals surface area (Å²) in [4.78, 5) is 13.2. The van der Waals surface area contributed by atoms with Crippen LogP contribution in [0.1, 0.15) is 251 Å². The van der Waals surface area contributed by atoms with Crippen molar-refractivity contribution in [3.8, 4) is 0 Å². The van der Waals surface area contributed by atoms with E-state index >= 15 is 0 Å². The minimum absolute atomic E-state index is 0.246. The second-order valence-corrected chi connectivity index (χ2v) is 23.9. The highest BCUT2D eigenvalue weighted by atomic mass is 16.8. The van der Waals surface area contributed by atoms with Crippen LogP contribution in [0, 0.1) is 0 Å². The largest absolute Gasteiger partial charge is 0.394 e. The van der Waals surface area contributed by atoms with Crippen LogP contribution < -0.4 is 5.32 Å². The quantitative estimate of drug-likeness (QED) is 0.0210. The van der Waals surface area contributed by atoms with Gasteiger partial charge in [-0.25, -0.2) is 0 Å². The first-order valence-corrected chi connectivity index (χ1v) is 32.9. The number of hydrogen-bond acceptors (Lipinski definition) is 18. The predicted molar refractivity (Wildman–Crippen MR) is 314 cm³/mol. The fourth-order valence-electron chi connectivity index (χ4n) is 11.4. The molecule has 82 heavy (non-hydrogen) atoms. The van der Waals surface area contributed by atoms with Gasteiger partial charge in [0.15, 0.2) is 18.9 Å². The average molecular weight is 1180 g/mol. The summed E-state index contributed by atoms with van der Waals surface area (Å²) in [5.41, 5.74) is 0. The van der Waals surface area contributed by atoms with Crippen molar-refractivity contribution >= 4 is 5.91 Å². The van der Waals surface area contributed by atoms with Gasteiger partial charge in [-0.1, -0.05) is 238 Å². The highest BCUT2D eigenvalue weighted by Crippen LogP contribution is 2.33. The lowest BCUT2D eigenvalue weighted by molar-refractivity contribution is -0.379. The molecule has 0 spiro atoms. The lowest BCUT2D eigenvalue weighted by Crippen LogP contribution is -2.66. The number of amides is 1. The van der Waals surface area contributed by atoms with Crippen LogP contribution in [-0.2, 0) is 33.2 Å². The standard InChI is InChI=1S/C63H119NO18/c1-3-5-7-9-11-13-14-15-16-17-18-19-20-21-22-23-24-25-26-27-28-29-30-31-32-33-34-36-38-40-47(68)46(64-51(69)41-39-37-35-12-10-8-6-4-2)45-77-61-57(75)54(72)59(49(43-66)79-61)82-63-58(76)55(73)60(50(44-67)80-63)81-62-56(74)53(71)52(70)48(42-65)78-62/h38,40,46-50,52-63,65-68,70-76H,3-37,39,41-45H2,1-2H3,(H,64,69)/b40-38+. The summed E-state index contributed by atoms with van der Waals surface area (Å²) in [5, 5.41) is 120. The number of carbonyl (C=O) groups excluding carboxylic acids is 1. The van der Waals surface area contributed by atoms with Gasteiger partial charge in [0.1, 0.15) is 73.2 Å². The van der Waals surface area contributed by atoms with Crippen LogP contribution >= 0.6 is 0 Å². The molecular formula is C63H119NO18. The maximum atomic E-state index is 13.2. The molecule has 3 aliphatic heterocycles. The summed E-state index contributed by atoms with van der Waals surface area (Å²) in [6.07, 6.45) is 22.4. The topological polar surface area (TPSA) is 307 Å². The maximum Gasteiger partial charge on any atom is 0.220 e. The number of rotatable bonds is 50. The molecule has 19 heteroatoms. The normalized spacial score (nSPS) is 29.6. The van der Waals surface area contributed by atoms with Crippen LogP contribution in [0.2, 0.25) is 0 Å². The SMILES string of the molecule is CCCCCCCCCCCCCCCCCCCCCCCCCCCCC/C=C/C(O)C(COC1OC(CO)C(OC2OC(CO)C(OC3OC(CO)C(O)C(O)C3O)C(O)C2O)C(O)C1O)NC(=O)CCCCCCCCCC. The molecule has 484 valence electrons. The maximum absolute atomic E-state index is 13.2. The van der Waals surface area contributed by atoms with Crippen molar-refractivity contribution in [3.63, 3.8) is 0 Å². The van der Waals surface area contributed by atoms with E-state index < -0.39 is 124 Å². The van der Waals surface area contributed by atoms with E-state index in [4.69, 9.17) is 28.4 Å². The fourth-order valence-corrected chi connectivity index (χ4v) is 11.4. The van der Waals surface area contributed by atoms with Gasteiger partial charge in [-0.3, -0.25) is 4.79 Å². The Kier molecular flexibility index (Phi) is 42.5. The highest BCUT2D eigenvalue weighted by Gasteiger charge is 2.53. The molecular weight excluding hydrogens is 1060 g/mol. The Balaban J connectivity index is 1.37. The Bertz CT molecular complexity index is 1550. The van der Waals surface area contributed by atoms with Gasteiger partial charge in [0.05, 0.1) is 38.6 Å². The van der Waals surface area contributed by atoms with Gasteiger partial charge in [0.2, 0.25) is 5.91 Å². The molecule has 0 aliphatic carbocycles. The molecule has 3 aliphatic rings. The minimum Gasteiger partial charge on any atom is -0.394 e. The van der Waals surface area contributed by atoms with Gasteiger partial charge in [0, 0.05) is 6.42 Å². The molecule has 17 unspecified atom stereocenters. The van der Waals surface area contributed by atoms with Crippen molar-refractivity contribution in [1.82, 2.24) is 5.32 Å². The molecule has 3 rings (SSSR count). The number of unbranched alkanes of at least 4 members (excludes halogenated alkanes) is 34. The Labute approximate surface area is 493 Å². The van der Waals surface area contributed by atoms with Crippen molar-refractivity contribution in [1.29, 1.82) is 0 Å². The summed E-state index contributed by atoms with van der Waals surface area (Å²) >= 11 is 0. The van der Waals surface area contributed by atoms with Gasteiger partial charge in [-0.2, -0.15) is 0 Å². The second kappa shape index (κ2) is 46.7. The van der Waals surface area contributed by atoms with Crippen LogP contribution in [0.15, 0.2) is 12.2 Å². The first kappa shape index (κ1) is 74.8.